The first kappa shape index (κ1) is 16.4. The lowest BCUT2D eigenvalue weighted by Gasteiger charge is -2.16. The smallest absolute Gasteiger partial charge is 0.161 e. The molecule has 21 heavy (non-hydrogen) atoms. The summed E-state index contributed by atoms with van der Waals surface area (Å²) in [7, 11) is 3.07. The van der Waals surface area contributed by atoms with Crippen molar-refractivity contribution in [1.82, 2.24) is 0 Å². The van der Waals surface area contributed by atoms with Crippen LogP contribution in [0.3, 0.4) is 0 Å². The molecule has 0 aliphatic carbocycles. The molecule has 0 aromatic heterocycles. The van der Waals surface area contributed by atoms with Crippen LogP contribution in [0.4, 0.5) is 4.39 Å². The minimum absolute atomic E-state index is 0.303. The van der Waals surface area contributed by atoms with Crippen LogP contribution >= 0.6 is 39.1 Å². The van der Waals surface area contributed by atoms with E-state index in [0.29, 0.717) is 32.1 Å². The molecule has 2 aromatic rings. The fourth-order valence-electron chi connectivity index (χ4n) is 1.94. The van der Waals surface area contributed by atoms with Crippen molar-refractivity contribution in [2.75, 3.05) is 14.2 Å². The summed E-state index contributed by atoms with van der Waals surface area (Å²) in [4.78, 5) is 0. The number of ether oxygens (including phenoxy) is 2. The van der Waals surface area contributed by atoms with Crippen LogP contribution in [-0.4, -0.2) is 14.2 Å². The molecule has 6 heteroatoms. The highest BCUT2D eigenvalue weighted by Crippen LogP contribution is 2.41. The monoisotopic (exact) mass is 392 g/mol. The lowest BCUT2D eigenvalue weighted by molar-refractivity contribution is 0.354. The molecule has 0 aliphatic heterocycles. The molecule has 0 amide bonds. The van der Waals surface area contributed by atoms with E-state index in [9.17, 15) is 4.39 Å². The van der Waals surface area contributed by atoms with Crippen LogP contribution in [0, 0.1) is 5.82 Å². The lowest BCUT2D eigenvalue weighted by atomic mass is 10.0. The molecule has 0 saturated carbocycles. The molecule has 0 N–H and O–H groups in total. The van der Waals surface area contributed by atoms with Crippen LogP contribution in [0.2, 0.25) is 5.02 Å². The summed E-state index contributed by atoms with van der Waals surface area (Å²) in [6.45, 7) is 0. The summed E-state index contributed by atoms with van der Waals surface area (Å²) in [5, 5.41) is -0.286. The third-order valence-electron chi connectivity index (χ3n) is 3.01. The Morgan fingerprint density at radius 1 is 1.05 bits per heavy atom. The van der Waals surface area contributed by atoms with Crippen LogP contribution in [0.5, 0.6) is 11.5 Å². The molecule has 2 aromatic carbocycles. The van der Waals surface area contributed by atoms with E-state index in [1.165, 1.54) is 25.3 Å². The number of hydrogen-bond donors (Lipinski definition) is 0. The maximum atomic E-state index is 14.0. The zero-order valence-corrected chi connectivity index (χ0v) is 14.4. The minimum Gasteiger partial charge on any atom is -0.493 e. The Bertz CT molecular complexity index is 664. The summed E-state index contributed by atoms with van der Waals surface area (Å²) in [6.07, 6.45) is 0. The average molecular weight is 394 g/mol. The van der Waals surface area contributed by atoms with Gasteiger partial charge in [0.1, 0.15) is 5.82 Å². The fourth-order valence-corrected chi connectivity index (χ4v) is 3.15. The normalized spacial score (nSPS) is 12.1. The van der Waals surface area contributed by atoms with Crippen LogP contribution in [0.15, 0.2) is 34.8 Å². The van der Waals surface area contributed by atoms with Crippen molar-refractivity contribution >= 4 is 39.1 Å². The minimum atomic E-state index is -0.710. The van der Waals surface area contributed by atoms with Crippen molar-refractivity contribution in [3.05, 3.63) is 56.8 Å². The Labute approximate surface area is 140 Å². The van der Waals surface area contributed by atoms with Crippen molar-refractivity contribution in [2.45, 2.75) is 5.38 Å². The molecular formula is C15H12BrCl2FO2. The zero-order valence-electron chi connectivity index (χ0n) is 11.3. The molecule has 0 aliphatic rings. The van der Waals surface area contributed by atoms with E-state index in [1.54, 1.807) is 19.2 Å². The maximum Gasteiger partial charge on any atom is 0.161 e. The van der Waals surface area contributed by atoms with E-state index < -0.39 is 11.2 Å². The van der Waals surface area contributed by atoms with E-state index in [1.807, 2.05) is 0 Å². The van der Waals surface area contributed by atoms with Gasteiger partial charge in [0.2, 0.25) is 0 Å². The topological polar surface area (TPSA) is 18.5 Å². The second-order valence-electron chi connectivity index (χ2n) is 4.26. The van der Waals surface area contributed by atoms with E-state index in [2.05, 4.69) is 15.9 Å². The quantitative estimate of drug-likeness (QED) is 0.630. The Morgan fingerprint density at radius 2 is 1.67 bits per heavy atom. The molecule has 0 radical (unpaired) electrons. The predicted molar refractivity (Wildman–Crippen MR) is 86.4 cm³/mol. The first-order valence-corrected chi connectivity index (χ1v) is 7.59. The molecule has 2 rings (SSSR count). The summed E-state index contributed by atoms with van der Waals surface area (Å²) in [5.41, 5.74) is 0.965. The summed E-state index contributed by atoms with van der Waals surface area (Å²) in [6, 6.07) is 7.72. The van der Waals surface area contributed by atoms with Crippen molar-refractivity contribution in [3.63, 3.8) is 0 Å². The highest BCUT2D eigenvalue weighted by Gasteiger charge is 2.21. The van der Waals surface area contributed by atoms with Gasteiger partial charge in [0, 0.05) is 15.1 Å². The molecule has 1 unspecified atom stereocenters. The number of hydrogen-bond acceptors (Lipinski definition) is 2. The predicted octanol–water partition coefficient (Wildman–Crippen LogP) is 5.59. The molecular weight excluding hydrogens is 382 g/mol. The second-order valence-corrected chi connectivity index (χ2v) is 5.98. The van der Waals surface area contributed by atoms with Gasteiger partial charge in [-0.05, 0) is 35.9 Å². The first-order valence-electron chi connectivity index (χ1n) is 5.98. The molecule has 0 spiro atoms. The highest BCUT2D eigenvalue weighted by molar-refractivity contribution is 9.10. The number of methoxy groups -OCH3 is 2. The van der Waals surface area contributed by atoms with Crippen LogP contribution < -0.4 is 9.47 Å². The van der Waals surface area contributed by atoms with Gasteiger partial charge in [-0.25, -0.2) is 4.39 Å². The summed E-state index contributed by atoms with van der Waals surface area (Å²) < 4.78 is 25.1. The van der Waals surface area contributed by atoms with Crippen molar-refractivity contribution in [3.8, 4) is 11.5 Å². The Kier molecular flexibility index (Phi) is 5.36. The molecule has 112 valence electrons. The highest BCUT2D eigenvalue weighted by atomic mass is 79.9. The van der Waals surface area contributed by atoms with Crippen molar-refractivity contribution in [1.29, 1.82) is 0 Å². The second kappa shape index (κ2) is 6.86. The lowest BCUT2D eigenvalue weighted by Crippen LogP contribution is -2.00. The summed E-state index contributed by atoms with van der Waals surface area (Å²) in [5.74, 6) is 0.661. The van der Waals surface area contributed by atoms with Gasteiger partial charge in [0.05, 0.1) is 19.6 Å². The van der Waals surface area contributed by atoms with Crippen LogP contribution in [-0.2, 0) is 0 Å². The standard InChI is InChI=1S/C15H12BrCl2FO2/c1-20-13-6-9(11(16)7-14(13)21-2)15(18)10-5-8(17)3-4-12(10)19/h3-7,15H,1-2H3. The Morgan fingerprint density at radius 3 is 2.29 bits per heavy atom. The van der Waals surface area contributed by atoms with Gasteiger partial charge >= 0.3 is 0 Å². The SMILES string of the molecule is COc1cc(Br)c(C(Cl)c2cc(Cl)ccc2F)cc1OC. The Hall–Kier alpha value is -0.970. The summed E-state index contributed by atoms with van der Waals surface area (Å²) >= 11 is 15.7. The average Bonchev–Trinajstić information content (AvgIpc) is 2.48. The van der Waals surface area contributed by atoms with Gasteiger partial charge in [-0.3, -0.25) is 0 Å². The van der Waals surface area contributed by atoms with Crippen LogP contribution in [0.1, 0.15) is 16.5 Å². The first-order chi connectivity index (χ1) is 9.97. The van der Waals surface area contributed by atoms with Gasteiger partial charge in [0.25, 0.3) is 0 Å². The molecule has 0 heterocycles. The third-order valence-corrected chi connectivity index (χ3v) is 4.40. The third kappa shape index (κ3) is 3.44. The van der Waals surface area contributed by atoms with E-state index in [4.69, 9.17) is 32.7 Å². The Balaban J connectivity index is 2.52. The van der Waals surface area contributed by atoms with Gasteiger partial charge in [-0.15, -0.1) is 11.6 Å². The molecule has 2 nitrogen and oxygen atoms in total. The van der Waals surface area contributed by atoms with Gasteiger partial charge < -0.3 is 9.47 Å². The van der Waals surface area contributed by atoms with Crippen molar-refractivity contribution < 1.29 is 13.9 Å². The largest absolute Gasteiger partial charge is 0.493 e. The van der Waals surface area contributed by atoms with E-state index in [-0.39, 0.29) is 0 Å². The van der Waals surface area contributed by atoms with Gasteiger partial charge in [-0.1, -0.05) is 27.5 Å². The number of alkyl halides is 1. The molecule has 0 saturated heterocycles. The van der Waals surface area contributed by atoms with Crippen LogP contribution in [0.25, 0.3) is 0 Å². The molecule has 0 fully saturated rings. The van der Waals surface area contributed by atoms with E-state index in [0.717, 1.165) is 0 Å². The van der Waals surface area contributed by atoms with E-state index >= 15 is 0 Å². The fraction of sp³-hybridized carbons (Fsp3) is 0.200. The molecule has 0 bridgehead atoms. The number of halogens is 4. The maximum absolute atomic E-state index is 14.0. The molecule has 1 atom stereocenters. The zero-order chi connectivity index (χ0) is 15.6. The number of rotatable bonds is 4. The van der Waals surface area contributed by atoms with Gasteiger partial charge in [0.15, 0.2) is 11.5 Å². The van der Waals surface area contributed by atoms with Crippen molar-refractivity contribution in [2.24, 2.45) is 0 Å². The van der Waals surface area contributed by atoms with Gasteiger partial charge in [-0.2, -0.15) is 0 Å². The number of benzene rings is 2.